The van der Waals surface area contributed by atoms with Crippen LogP contribution in [0.2, 0.25) is 0 Å². The zero-order valence-electron chi connectivity index (χ0n) is 15.2. The summed E-state index contributed by atoms with van der Waals surface area (Å²) in [5.41, 5.74) is 2.02. The summed E-state index contributed by atoms with van der Waals surface area (Å²) in [7, 11) is 2.19. The SMILES string of the molecule is CC(C)N(C)CCCN1CCC(n2c(=O)[nH]c3ccccc32)CC1. The van der Waals surface area contributed by atoms with E-state index in [2.05, 4.69) is 35.7 Å². The first-order valence-corrected chi connectivity index (χ1v) is 9.18. The van der Waals surface area contributed by atoms with Gasteiger partial charge in [0.25, 0.3) is 0 Å². The number of piperidine rings is 1. The minimum Gasteiger partial charge on any atom is -0.306 e. The van der Waals surface area contributed by atoms with Gasteiger partial charge in [-0.05, 0) is 65.4 Å². The van der Waals surface area contributed by atoms with Crippen molar-refractivity contribution in [3.63, 3.8) is 0 Å². The minimum absolute atomic E-state index is 0.0354. The molecule has 0 amide bonds. The number of hydrogen-bond donors (Lipinski definition) is 1. The number of aromatic nitrogens is 2. The first-order chi connectivity index (χ1) is 11.6. The molecule has 1 N–H and O–H groups in total. The van der Waals surface area contributed by atoms with E-state index in [-0.39, 0.29) is 5.69 Å². The minimum atomic E-state index is 0.0354. The first-order valence-electron chi connectivity index (χ1n) is 9.18. The molecule has 5 heteroatoms. The van der Waals surface area contributed by atoms with Gasteiger partial charge < -0.3 is 14.8 Å². The van der Waals surface area contributed by atoms with Crippen molar-refractivity contribution in [3.05, 3.63) is 34.7 Å². The third kappa shape index (κ3) is 3.73. The topological polar surface area (TPSA) is 44.3 Å². The fourth-order valence-corrected chi connectivity index (χ4v) is 3.64. The molecular weight excluding hydrogens is 300 g/mol. The fraction of sp³-hybridized carbons (Fsp3) is 0.632. The van der Waals surface area contributed by atoms with Crippen LogP contribution in [0, 0.1) is 0 Å². The summed E-state index contributed by atoms with van der Waals surface area (Å²) in [5.74, 6) is 0. The van der Waals surface area contributed by atoms with Crippen molar-refractivity contribution in [2.45, 2.75) is 45.2 Å². The quantitative estimate of drug-likeness (QED) is 0.886. The molecule has 0 spiro atoms. The Hall–Kier alpha value is -1.59. The van der Waals surface area contributed by atoms with Gasteiger partial charge in [-0.25, -0.2) is 4.79 Å². The van der Waals surface area contributed by atoms with Crippen LogP contribution < -0.4 is 5.69 Å². The number of benzene rings is 1. The summed E-state index contributed by atoms with van der Waals surface area (Å²) >= 11 is 0. The molecular formula is C19H30N4O. The van der Waals surface area contributed by atoms with Crippen LogP contribution in [0.1, 0.15) is 39.2 Å². The summed E-state index contributed by atoms with van der Waals surface area (Å²) in [4.78, 5) is 20.2. The maximum absolute atomic E-state index is 12.3. The second-order valence-electron chi connectivity index (χ2n) is 7.32. The predicted octanol–water partition coefficient (Wildman–Crippen LogP) is 2.70. The summed E-state index contributed by atoms with van der Waals surface area (Å²) in [6.45, 7) is 8.96. The van der Waals surface area contributed by atoms with Crippen LogP contribution in [0.3, 0.4) is 0 Å². The van der Waals surface area contributed by atoms with Gasteiger partial charge in [-0.2, -0.15) is 0 Å². The molecule has 2 aromatic rings. The number of nitrogens with zero attached hydrogens (tertiary/aromatic N) is 3. The molecule has 24 heavy (non-hydrogen) atoms. The Morgan fingerprint density at radius 3 is 2.67 bits per heavy atom. The fourth-order valence-electron chi connectivity index (χ4n) is 3.64. The third-order valence-corrected chi connectivity index (χ3v) is 5.41. The smallest absolute Gasteiger partial charge is 0.306 e. The van der Waals surface area contributed by atoms with Crippen molar-refractivity contribution >= 4 is 11.0 Å². The molecule has 1 fully saturated rings. The van der Waals surface area contributed by atoms with E-state index in [4.69, 9.17) is 0 Å². The van der Waals surface area contributed by atoms with Crippen LogP contribution in [0.25, 0.3) is 11.0 Å². The Morgan fingerprint density at radius 1 is 1.25 bits per heavy atom. The normalized spacial score (nSPS) is 17.4. The molecule has 2 heterocycles. The number of rotatable bonds is 6. The Labute approximate surface area is 144 Å². The largest absolute Gasteiger partial charge is 0.326 e. The van der Waals surface area contributed by atoms with E-state index in [1.165, 1.54) is 6.42 Å². The van der Waals surface area contributed by atoms with Crippen LogP contribution in [0.5, 0.6) is 0 Å². The average Bonchev–Trinajstić information content (AvgIpc) is 2.91. The van der Waals surface area contributed by atoms with Gasteiger partial charge in [0.15, 0.2) is 0 Å². The highest BCUT2D eigenvalue weighted by Crippen LogP contribution is 2.24. The molecule has 0 bridgehead atoms. The molecule has 1 aliphatic rings. The van der Waals surface area contributed by atoms with Crippen LogP contribution >= 0.6 is 0 Å². The average molecular weight is 330 g/mol. The lowest BCUT2D eigenvalue weighted by atomic mass is 10.0. The lowest BCUT2D eigenvalue weighted by Crippen LogP contribution is -2.38. The number of aromatic amines is 1. The van der Waals surface area contributed by atoms with E-state index in [9.17, 15) is 4.79 Å². The zero-order valence-corrected chi connectivity index (χ0v) is 15.2. The molecule has 132 valence electrons. The number of para-hydroxylation sites is 2. The van der Waals surface area contributed by atoms with Crippen LogP contribution in [-0.2, 0) is 0 Å². The summed E-state index contributed by atoms with van der Waals surface area (Å²) in [5, 5.41) is 0. The van der Waals surface area contributed by atoms with E-state index in [0.717, 1.165) is 50.1 Å². The maximum atomic E-state index is 12.3. The van der Waals surface area contributed by atoms with Gasteiger partial charge in [0.2, 0.25) is 0 Å². The standard InChI is InChI=1S/C19H30N4O/c1-15(2)21(3)11-6-12-22-13-9-16(10-14-22)23-18-8-5-4-7-17(18)20-19(23)24/h4-5,7-8,15-16H,6,9-14H2,1-3H3,(H,20,24). The predicted molar refractivity (Wildman–Crippen MR) is 99.7 cm³/mol. The zero-order chi connectivity index (χ0) is 17.1. The van der Waals surface area contributed by atoms with E-state index >= 15 is 0 Å². The molecule has 1 saturated heterocycles. The monoisotopic (exact) mass is 330 g/mol. The van der Waals surface area contributed by atoms with E-state index in [1.54, 1.807) is 0 Å². The van der Waals surface area contributed by atoms with Crippen molar-refractivity contribution in [3.8, 4) is 0 Å². The Kier molecular flexibility index (Phi) is 5.41. The highest BCUT2D eigenvalue weighted by atomic mass is 16.1. The molecule has 5 nitrogen and oxygen atoms in total. The van der Waals surface area contributed by atoms with Crippen LogP contribution in [-0.4, -0.2) is 58.6 Å². The second-order valence-corrected chi connectivity index (χ2v) is 7.32. The summed E-state index contributed by atoms with van der Waals surface area (Å²) in [6.07, 6.45) is 3.33. The van der Waals surface area contributed by atoms with Gasteiger partial charge >= 0.3 is 5.69 Å². The Balaban J connectivity index is 1.55. The number of nitrogens with one attached hydrogen (secondary N) is 1. The summed E-state index contributed by atoms with van der Waals surface area (Å²) in [6, 6.07) is 8.94. The van der Waals surface area contributed by atoms with E-state index < -0.39 is 0 Å². The molecule has 0 atom stereocenters. The first kappa shape index (κ1) is 17.2. The highest BCUT2D eigenvalue weighted by molar-refractivity contribution is 5.75. The van der Waals surface area contributed by atoms with E-state index in [1.807, 2.05) is 28.8 Å². The maximum Gasteiger partial charge on any atom is 0.326 e. The Bertz CT molecular complexity index is 709. The highest BCUT2D eigenvalue weighted by Gasteiger charge is 2.23. The van der Waals surface area contributed by atoms with Crippen molar-refractivity contribution in [1.82, 2.24) is 19.4 Å². The lowest BCUT2D eigenvalue weighted by Gasteiger charge is -2.33. The second kappa shape index (κ2) is 7.53. The van der Waals surface area contributed by atoms with Gasteiger partial charge in [-0.3, -0.25) is 4.57 Å². The molecule has 0 saturated carbocycles. The number of likely N-dealkylation sites (tertiary alicyclic amines) is 1. The van der Waals surface area contributed by atoms with Gasteiger partial charge in [0.1, 0.15) is 0 Å². The van der Waals surface area contributed by atoms with Gasteiger partial charge in [-0.15, -0.1) is 0 Å². The van der Waals surface area contributed by atoms with Crippen LogP contribution in [0.4, 0.5) is 0 Å². The molecule has 0 radical (unpaired) electrons. The molecule has 1 aromatic heterocycles. The molecule has 0 unspecified atom stereocenters. The van der Waals surface area contributed by atoms with Crippen LogP contribution in [0.15, 0.2) is 29.1 Å². The number of H-pyrrole nitrogens is 1. The molecule has 1 aliphatic heterocycles. The lowest BCUT2D eigenvalue weighted by molar-refractivity contribution is 0.172. The number of fused-ring (bicyclic) bond motifs is 1. The van der Waals surface area contributed by atoms with Crippen molar-refractivity contribution in [2.75, 3.05) is 33.2 Å². The van der Waals surface area contributed by atoms with Gasteiger partial charge in [0.05, 0.1) is 11.0 Å². The third-order valence-electron chi connectivity index (χ3n) is 5.41. The molecule has 0 aliphatic carbocycles. The number of hydrogen-bond acceptors (Lipinski definition) is 3. The van der Waals surface area contributed by atoms with Crippen molar-refractivity contribution in [1.29, 1.82) is 0 Å². The van der Waals surface area contributed by atoms with Crippen molar-refractivity contribution < 1.29 is 0 Å². The molecule has 3 rings (SSSR count). The van der Waals surface area contributed by atoms with Crippen molar-refractivity contribution in [2.24, 2.45) is 0 Å². The number of imidazole rings is 1. The van der Waals surface area contributed by atoms with Gasteiger partial charge in [0, 0.05) is 25.2 Å². The summed E-state index contributed by atoms with van der Waals surface area (Å²) < 4.78 is 1.97. The molecule has 1 aromatic carbocycles. The Morgan fingerprint density at radius 2 is 1.96 bits per heavy atom. The van der Waals surface area contributed by atoms with E-state index in [0.29, 0.717) is 12.1 Å². The van der Waals surface area contributed by atoms with Gasteiger partial charge in [-0.1, -0.05) is 12.1 Å².